The molecule has 0 aromatic heterocycles. The summed E-state index contributed by atoms with van der Waals surface area (Å²) in [5, 5.41) is 6.97. The highest BCUT2D eigenvalue weighted by atomic mass is 16.5. The summed E-state index contributed by atoms with van der Waals surface area (Å²) in [4.78, 5) is 0. The van der Waals surface area contributed by atoms with Crippen molar-refractivity contribution in [2.24, 2.45) is 0 Å². The molecule has 3 nitrogen and oxygen atoms in total. The molecule has 2 rings (SSSR count). The van der Waals surface area contributed by atoms with Crippen LogP contribution in [0.3, 0.4) is 0 Å². The first-order valence-electron chi connectivity index (χ1n) is 5.95. The van der Waals surface area contributed by atoms with E-state index in [1.54, 1.807) is 7.11 Å². The van der Waals surface area contributed by atoms with Gasteiger partial charge in [-0.1, -0.05) is 12.1 Å². The third-order valence-electron chi connectivity index (χ3n) is 3.09. The van der Waals surface area contributed by atoms with Crippen LogP contribution in [-0.2, 0) is 6.54 Å². The minimum absolute atomic E-state index is 0.670. The quantitative estimate of drug-likeness (QED) is 0.807. The Morgan fingerprint density at radius 3 is 2.56 bits per heavy atom. The number of ether oxygens (including phenoxy) is 1. The van der Waals surface area contributed by atoms with Crippen LogP contribution in [0.1, 0.15) is 18.4 Å². The molecule has 1 fully saturated rings. The van der Waals surface area contributed by atoms with Gasteiger partial charge in [0.2, 0.25) is 0 Å². The SMILES string of the molecule is COc1ccc(CNC2CCNCC2)cc1. The first-order chi connectivity index (χ1) is 7.88. The van der Waals surface area contributed by atoms with Crippen LogP contribution in [0.15, 0.2) is 24.3 Å². The van der Waals surface area contributed by atoms with Crippen molar-refractivity contribution in [3.8, 4) is 5.75 Å². The average molecular weight is 220 g/mol. The maximum atomic E-state index is 5.13. The Hall–Kier alpha value is -1.06. The van der Waals surface area contributed by atoms with Crippen LogP contribution in [-0.4, -0.2) is 26.2 Å². The summed E-state index contributed by atoms with van der Waals surface area (Å²) in [6, 6.07) is 8.93. The van der Waals surface area contributed by atoms with E-state index in [4.69, 9.17) is 4.74 Å². The second-order valence-corrected chi connectivity index (χ2v) is 4.25. The lowest BCUT2D eigenvalue weighted by Gasteiger charge is -2.23. The molecule has 0 atom stereocenters. The summed E-state index contributed by atoms with van der Waals surface area (Å²) in [6.07, 6.45) is 2.46. The maximum absolute atomic E-state index is 5.13. The molecule has 3 heteroatoms. The number of hydrogen-bond donors (Lipinski definition) is 2. The van der Waals surface area contributed by atoms with Crippen molar-refractivity contribution >= 4 is 0 Å². The second-order valence-electron chi connectivity index (χ2n) is 4.25. The zero-order chi connectivity index (χ0) is 11.2. The molecule has 1 saturated heterocycles. The van der Waals surface area contributed by atoms with Crippen molar-refractivity contribution in [1.29, 1.82) is 0 Å². The van der Waals surface area contributed by atoms with E-state index in [-0.39, 0.29) is 0 Å². The summed E-state index contributed by atoms with van der Waals surface area (Å²) in [6.45, 7) is 3.23. The molecule has 0 aliphatic carbocycles. The van der Waals surface area contributed by atoms with Crippen LogP contribution in [0.4, 0.5) is 0 Å². The first-order valence-corrected chi connectivity index (χ1v) is 5.95. The number of piperidine rings is 1. The van der Waals surface area contributed by atoms with Gasteiger partial charge in [0.15, 0.2) is 0 Å². The summed E-state index contributed by atoms with van der Waals surface area (Å²) in [5.74, 6) is 0.922. The second kappa shape index (κ2) is 5.87. The minimum Gasteiger partial charge on any atom is -0.497 e. The Bertz CT molecular complexity index is 304. The van der Waals surface area contributed by atoms with Gasteiger partial charge < -0.3 is 15.4 Å². The molecule has 1 aliphatic heterocycles. The topological polar surface area (TPSA) is 33.3 Å². The molecule has 2 N–H and O–H groups in total. The van der Waals surface area contributed by atoms with Crippen molar-refractivity contribution in [1.82, 2.24) is 10.6 Å². The third kappa shape index (κ3) is 3.22. The predicted octanol–water partition coefficient (Wildman–Crippen LogP) is 1.54. The number of benzene rings is 1. The fourth-order valence-electron chi connectivity index (χ4n) is 2.03. The number of methoxy groups -OCH3 is 1. The van der Waals surface area contributed by atoms with Gasteiger partial charge >= 0.3 is 0 Å². The minimum atomic E-state index is 0.670. The average Bonchev–Trinajstić information content (AvgIpc) is 2.38. The zero-order valence-electron chi connectivity index (χ0n) is 9.83. The zero-order valence-corrected chi connectivity index (χ0v) is 9.83. The van der Waals surface area contributed by atoms with Crippen LogP contribution < -0.4 is 15.4 Å². The highest BCUT2D eigenvalue weighted by Crippen LogP contribution is 2.11. The van der Waals surface area contributed by atoms with E-state index in [0.29, 0.717) is 6.04 Å². The van der Waals surface area contributed by atoms with Crippen LogP contribution in [0.2, 0.25) is 0 Å². The highest BCUT2D eigenvalue weighted by molar-refractivity contribution is 5.27. The predicted molar refractivity (Wildman–Crippen MR) is 65.7 cm³/mol. The largest absolute Gasteiger partial charge is 0.497 e. The standard InChI is InChI=1S/C13H20N2O/c1-16-13-4-2-11(3-5-13)10-15-12-6-8-14-9-7-12/h2-5,12,14-15H,6-10H2,1H3. The van der Waals surface area contributed by atoms with Gasteiger partial charge in [0, 0.05) is 12.6 Å². The van der Waals surface area contributed by atoms with Crippen LogP contribution in [0.25, 0.3) is 0 Å². The smallest absolute Gasteiger partial charge is 0.118 e. The molecule has 1 aliphatic rings. The lowest BCUT2D eigenvalue weighted by molar-refractivity contribution is 0.386. The summed E-state index contributed by atoms with van der Waals surface area (Å²) in [5.41, 5.74) is 1.32. The molecular weight excluding hydrogens is 200 g/mol. The lowest BCUT2D eigenvalue weighted by Crippen LogP contribution is -2.39. The Kier molecular flexibility index (Phi) is 4.19. The Balaban J connectivity index is 1.79. The Morgan fingerprint density at radius 1 is 1.25 bits per heavy atom. The molecule has 1 aromatic carbocycles. The van der Waals surface area contributed by atoms with Gasteiger partial charge in [0.05, 0.1) is 7.11 Å². The molecule has 0 saturated carbocycles. The molecule has 1 aromatic rings. The molecule has 16 heavy (non-hydrogen) atoms. The molecule has 0 spiro atoms. The monoisotopic (exact) mass is 220 g/mol. The molecule has 88 valence electrons. The van der Waals surface area contributed by atoms with Gasteiger partial charge in [-0.15, -0.1) is 0 Å². The van der Waals surface area contributed by atoms with Crippen molar-refractivity contribution in [3.63, 3.8) is 0 Å². The Morgan fingerprint density at radius 2 is 1.94 bits per heavy atom. The molecule has 0 radical (unpaired) electrons. The van der Waals surface area contributed by atoms with E-state index in [1.165, 1.54) is 18.4 Å². The molecule has 0 bridgehead atoms. The van der Waals surface area contributed by atoms with Crippen LogP contribution in [0, 0.1) is 0 Å². The van der Waals surface area contributed by atoms with Crippen molar-refractivity contribution < 1.29 is 4.74 Å². The van der Waals surface area contributed by atoms with Crippen LogP contribution >= 0.6 is 0 Å². The molecular formula is C13H20N2O. The van der Waals surface area contributed by atoms with E-state index in [1.807, 2.05) is 12.1 Å². The lowest BCUT2D eigenvalue weighted by atomic mass is 10.1. The third-order valence-corrected chi connectivity index (χ3v) is 3.09. The van der Waals surface area contributed by atoms with Gasteiger partial charge in [0.25, 0.3) is 0 Å². The van der Waals surface area contributed by atoms with Crippen molar-refractivity contribution in [2.45, 2.75) is 25.4 Å². The van der Waals surface area contributed by atoms with E-state index in [0.717, 1.165) is 25.4 Å². The van der Waals surface area contributed by atoms with E-state index in [9.17, 15) is 0 Å². The van der Waals surface area contributed by atoms with Gasteiger partial charge in [-0.3, -0.25) is 0 Å². The van der Waals surface area contributed by atoms with E-state index in [2.05, 4.69) is 22.8 Å². The highest BCUT2D eigenvalue weighted by Gasteiger charge is 2.11. The van der Waals surface area contributed by atoms with Gasteiger partial charge in [0.1, 0.15) is 5.75 Å². The summed E-state index contributed by atoms with van der Waals surface area (Å²) >= 11 is 0. The Labute approximate surface area is 97.2 Å². The number of hydrogen-bond acceptors (Lipinski definition) is 3. The van der Waals surface area contributed by atoms with Crippen molar-refractivity contribution in [2.75, 3.05) is 20.2 Å². The van der Waals surface area contributed by atoms with Gasteiger partial charge in [-0.05, 0) is 43.6 Å². The number of nitrogens with one attached hydrogen (secondary N) is 2. The van der Waals surface area contributed by atoms with E-state index < -0.39 is 0 Å². The number of rotatable bonds is 4. The summed E-state index contributed by atoms with van der Waals surface area (Å²) < 4.78 is 5.13. The van der Waals surface area contributed by atoms with E-state index >= 15 is 0 Å². The maximum Gasteiger partial charge on any atom is 0.118 e. The van der Waals surface area contributed by atoms with Gasteiger partial charge in [-0.2, -0.15) is 0 Å². The molecule has 1 heterocycles. The normalized spacial score (nSPS) is 17.3. The molecule has 0 amide bonds. The first kappa shape index (κ1) is 11.4. The molecule has 0 unspecified atom stereocenters. The van der Waals surface area contributed by atoms with Gasteiger partial charge in [-0.25, -0.2) is 0 Å². The fraction of sp³-hybridized carbons (Fsp3) is 0.538. The van der Waals surface area contributed by atoms with Crippen LogP contribution in [0.5, 0.6) is 5.75 Å². The summed E-state index contributed by atoms with van der Waals surface area (Å²) in [7, 11) is 1.70. The fourth-order valence-corrected chi connectivity index (χ4v) is 2.03. The van der Waals surface area contributed by atoms with Crippen molar-refractivity contribution in [3.05, 3.63) is 29.8 Å².